The van der Waals surface area contributed by atoms with Crippen LogP contribution in [0, 0.1) is 0 Å². The molecule has 0 unspecified atom stereocenters. The van der Waals surface area contributed by atoms with E-state index in [9.17, 15) is 8.42 Å². The third kappa shape index (κ3) is 16.2. The molecule has 1 N–H and O–H groups in total. The van der Waals surface area contributed by atoms with Gasteiger partial charge in [0.2, 0.25) is 0 Å². The summed E-state index contributed by atoms with van der Waals surface area (Å²) in [6.07, 6.45) is 8.20. The van der Waals surface area contributed by atoms with Gasteiger partial charge in [-0.3, -0.25) is 4.55 Å². The molecule has 6 heteroatoms. The first-order valence-electron chi connectivity index (χ1n) is 8.49. The number of rotatable bonds is 13. The summed E-state index contributed by atoms with van der Waals surface area (Å²) in [5, 5.41) is 0. The van der Waals surface area contributed by atoms with Gasteiger partial charge in [-0.1, -0.05) is 12.8 Å². The highest BCUT2D eigenvalue weighted by Gasteiger charge is 2.16. The molecule has 0 aliphatic rings. The molecule has 0 amide bonds. The fraction of sp³-hybridized carbons (Fsp3) is 1.00. The van der Waals surface area contributed by atoms with Gasteiger partial charge in [-0.15, -0.1) is 0 Å². The third-order valence-corrected chi connectivity index (χ3v) is 4.81. The van der Waals surface area contributed by atoms with Crippen LogP contribution in [0.2, 0.25) is 0 Å². The van der Waals surface area contributed by atoms with Crippen molar-refractivity contribution >= 4 is 10.1 Å². The maximum absolute atomic E-state index is 10.7. The molecular formula is C16H38N2O3S+2. The zero-order valence-corrected chi connectivity index (χ0v) is 16.2. The maximum Gasteiger partial charge on any atom is 0.265 e. The first-order valence-corrected chi connectivity index (χ1v) is 10.1. The second-order valence-electron chi connectivity index (χ2n) is 8.16. The summed E-state index contributed by atoms with van der Waals surface area (Å²) in [5.41, 5.74) is 0. The summed E-state index contributed by atoms with van der Waals surface area (Å²) in [4.78, 5) is 0. The van der Waals surface area contributed by atoms with Crippen LogP contribution in [-0.4, -0.2) is 82.6 Å². The lowest BCUT2D eigenvalue weighted by molar-refractivity contribution is -0.890. The zero-order chi connectivity index (χ0) is 17.3. The van der Waals surface area contributed by atoms with E-state index in [1.807, 2.05) is 0 Å². The van der Waals surface area contributed by atoms with E-state index in [1.165, 1.54) is 45.1 Å². The summed E-state index contributed by atoms with van der Waals surface area (Å²) in [5.74, 6) is -0.124. The van der Waals surface area contributed by atoms with E-state index in [0.29, 0.717) is 6.42 Å². The van der Waals surface area contributed by atoms with Crippen molar-refractivity contribution in [1.29, 1.82) is 0 Å². The van der Waals surface area contributed by atoms with Crippen molar-refractivity contribution in [2.45, 2.75) is 44.9 Å². The van der Waals surface area contributed by atoms with Crippen molar-refractivity contribution in [3.8, 4) is 0 Å². The van der Waals surface area contributed by atoms with Crippen molar-refractivity contribution in [3.05, 3.63) is 0 Å². The van der Waals surface area contributed by atoms with E-state index in [4.69, 9.17) is 4.55 Å². The normalized spacial score (nSPS) is 13.5. The van der Waals surface area contributed by atoms with Gasteiger partial charge in [0.05, 0.1) is 60.6 Å². The lowest BCUT2D eigenvalue weighted by Gasteiger charge is -2.29. The lowest BCUT2D eigenvalue weighted by atomic mass is 10.1. The molecule has 134 valence electrons. The van der Waals surface area contributed by atoms with Crippen LogP contribution in [0.4, 0.5) is 0 Å². The summed E-state index contributed by atoms with van der Waals surface area (Å²) < 4.78 is 32.1. The number of unbranched alkanes of at least 4 members (excludes halogenated alkanes) is 5. The van der Waals surface area contributed by atoms with Crippen molar-refractivity contribution < 1.29 is 21.9 Å². The van der Waals surface area contributed by atoms with Crippen molar-refractivity contribution in [2.75, 3.05) is 60.6 Å². The van der Waals surface area contributed by atoms with Gasteiger partial charge in [-0.25, -0.2) is 0 Å². The summed E-state index contributed by atoms with van der Waals surface area (Å²) in [6, 6.07) is 0. The Morgan fingerprint density at radius 2 is 1.09 bits per heavy atom. The highest BCUT2D eigenvalue weighted by atomic mass is 32.2. The third-order valence-electron chi connectivity index (χ3n) is 4.01. The quantitative estimate of drug-likeness (QED) is 0.319. The van der Waals surface area contributed by atoms with Crippen LogP contribution in [0.15, 0.2) is 0 Å². The van der Waals surface area contributed by atoms with Crippen LogP contribution in [-0.2, 0) is 10.1 Å². The second kappa shape index (κ2) is 9.85. The summed E-state index contributed by atoms with van der Waals surface area (Å²) >= 11 is 0. The van der Waals surface area contributed by atoms with E-state index in [-0.39, 0.29) is 5.75 Å². The highest BCUT2D eigenvalue weighted by molar-refractivity contribution is 7.85. The van der Waals surface area contributed by atoms with Gasteiger partial charge in [0.15, 0.2) is 0 Å². The molecule has 0 aliphatic carbocycles. The van der Waals surface area contributed by atoms with Gasteiger partial charge in [-0.2, -0.15) is 8.42 Å². The molecule has 0 bridgehead atoms. The van der Waals surface area contributed by atoms with Crippen LogP contribution in [0.25, 0.3) is 0 Å². The Labute approximate surface area is 138 Å². The molecule has 22 heavy (non-hydrogen) atoms. The molecule has 0 radical (unpaired) electrons. The Hall–Kier alpha value is -0.170. The molecule has 0 aliphatic heterocycles. The van der Waals surface area contributed by atoms with E-state index in [2.05, 4.69) is 35.2 Å². The lowest BCUT2D eigenvalue weighted by Crippen LogP contribution is -2.41. The number of nitrogens with zero attached hydrogens (tertiary/aromatic N) is 2. The minimum absolute atomic E-state index is 0.124. The van der Waals surface area contributed by atoms with Crippen LogP contribution in [0.1, 0.15) is 44.9 Å². The van der Waals surface area contributed by atoms with E-state index in [0.717, 1.165) is 22.1 Å². The Balaban J connectivity index is 3.56. The Kier molecular flexibility index (Phi) is 9.78. The Morgan fingerprint density at radius 3 is 1.55 bits per heavy atom. The molecule has 0 spiro atoms. The average molecular weight is 339 g/mol. The number of hydrogen-bond acceptors (Lipinski definition) is 2. The van der Waals surface area contributed by atoms with E-state index in [1.54, 1.807) is 0 Å². The molecule has 5 nitrogen and oxygen atoms in total. The smallest absolute Gasteiger partial charge is 0.265 e. The van der Waals surface area contributed by atoms with E-state index >= 15 is 0 Å². The monoisotopic (exact) mass is 338 g/mol. The molecule has 0 fully saturated rings. The van der Waals surface area contributed by atoms with Crippen LogP contribution in [0.3, 0.4) is 0 Å². The first-order chi connectivity index (χ1) is 9.91. The predicted octanol–water partition coefficient (Wildman–Crippen LogP) is 2.39. The predicted molar refractivity (Wildman–Crippen MR) is 93.5 cm³/mol. The molecule has 0 aromatic carbocycles. The summed E-state index contributed by atoms with van der Waals surface area (Å²) in [7, 11) is 7.17. The Morgan fingerprint density at radius 1 is 0.682 bits per heavy atom. The van der Waals surface area contributed by atoms with Crippen molar-refractivity contribution in [2.24, 2.45) is 0 Å². The number of quaternary nitrogens is 2. The molecule has 0 rings (SSSR count). The highest BCUT2D eigenvalue weighted by Crippen LogP contribution is 2.10. The van der Waals surface area contributed by atoms with Crippen LogP contribution >= 0.6 is 0 Å². The van der Waals surface area contributed by atoms with Gasteiger partial charge < -0.3 is 8.97 Å². The van der Waals surface area contributed by atoms with Crippen LogP contribution < -0.4 is 0 Å². The maximum atomic E-state index is 10.7. The molecule has 0 atom stereocenters. The Bertz CT molecular complexity index is 387. The standard InChI is InChI=1S/C16H37N2O3S/c1-17(2,3)13-10-8-6-7-9-11-14-18(4,5)15-12-16-22(19,20)21/h6-16H2,1-5H3/q+1/p+1. The minimum Gasteiger partial charge on any atom is -0.331 e. The fourth-order valence-corrected chi connectivity index (χ4v) is 3.11. The molecular weight excluding hydrogens is 300 g/mol. The van der Waals surface area contributed by atoms with Crippen molar-refractivity contribution in [1.82, 2.24) is 0 Å². The average Bonchev–Trinajstić information content (AvgIpc) is 2.29. The second-order valence-corrected chi connectivity index (χ2v) is 9.73. The fourth-order valence-electron chi connectivity index (χ4n) is 2.62. The zero-order valence-electron chi connectivity index (χ0n) is 15.3. The van der Waals surface area contributed by atoms with Gasteiger partial charge in [0.1, 0.15) is 0 Å². The van der Waals surface area contributed by atoms with Gasteiger partial charge in [0, 0.05) is 6.42 Å². The van der Waals surface area contributed by atoms with Gasteiger partial charge in [-0.05, 0) is 25.7 Å². The topological polar surface area (TPSA) is 54.4 Å². The molecule has 0 aromatic heterocycles. The first kappa shape index (κ1) is 21.8. The molecule has 0 heterocycles. The molecule has 0 aromatic rings. The summed E-state index contributed by atoms with van der Waals surface area (Å²) in [6.45, 7) is 3.12. The SMILES string of the molecule is C[N+](C)(C)CCCCCCCC[N+](C)(C)CCCS(=O)(=O)O. The number of hydrogen-bond donors (Lipinski definition) is 1. The van der Waals surface area contributed by atoms with Gasteiger partial charge in [0.25, 0.3) is 10.1 Å². The van der Waals surface area contributed by atoms with Crippen molar-refractivity contribution in [3.63, 3.8) is 0 Å². The molecule has 0 saturated heterocycles. The minimum atomic E-state index is -3.81. The molecule has 0 saturated carbocycles. The largest absolute Gasteiger partial charge is 0.331 e. The van der Waals surface area contributed by atoms with Gasteiger partial charge >= 0.3 is 0 Å². The van der Waals surface area contributed by atoms with Crippen LogP contribution in [0.5, 0.6) is 0 Å². The van der Waals surface area contributed by atoms with E-state index < -0.39 is 10.1 Å².